The van der Waals surface area contributed by atoms with Crippen LogP contribution in [0.3, 0.4) is 0 Å². The Bertz CT molecular complexity index is 1030. The van der Waals surface area contributed by atoms with Crippen molar-refractivity contribution in [2.75, 3.05) is 0 Å². The highest BCUT2D eigenvalue weighted by Crippen LogP contribution is 2.33. The van der Waals surface area contributed by atoms with E-state index in [2.05, 4.69) is 34.2 Å². The lowest BCUT2D eigenvalue weighted by Crippen LogP contribution is -1.84. The number of hydrogen-bond acceptors (Lipinski definition) is 2. The third kappa shape index (κ3) is 4.25. The minimum absolute atomic E-state index is 0.00556. The SMILES string of the molecule is Cc1ccc(C#Cc2ccc(-c3cc(F)c(N=C=S)c(Cl)c3)cc2)cc1. The van der Waals surface area contributed by atoms with E-state index in [4.69, 9.17) is 11.6 Å². The number of aryl methyl sites for hydroxylation is 1. The molecule has 0 spiro atoms. The van der Waals surface area contributed by atoms with Crippen LogP contribution in [0.15, 0.2) is 65.7 Å². The highest BCUT2D eigenvalue weighted by Gasteiger charge is 2.10. The maximum absolute atomic E-state index is 14.1. The third-order valence-corrected chi connectivity index (χ3v) is 4.17. The lowest BCUT2D eigenvalue weighted by molar-refractivity contribution is 0.630. The Morgan fingerprint density at radius 1 is 0.885 bits per heavy atom. The molecule has 0 aromatic heterocycles. The Labute approximate surface area is 162 Å². The maximum Gasteiger partial charge on any atom is 0.151 e. The minimum atomic E-state index is -0.534. The van der Waals surface area contributed by atoms with E-state index in [1.54, 1.807) is 6.07 Å². The van der Waals surface area contributed by atoms with E-state index in [0.29, 0.717) is 5.56 Å². The summed E-state index contributed by atoms with van der Waals surface area (Å²) < 4.78 is 14.1. The van der Waals surface area contributed by atoms with Crippen LogP contribution in [0.5, 0.6) is 0 Å². The summed E-state index contributed by atoms with van der Waals surface area (Å²) in [7, 11) is 0. The number of isothiocyanates is 1. The first-order chi connectivity index (χ1) is 12.6. The second-order valence-corrected chi connectivity index (χ2v) is 6.27. The van der Waals surface area contributed by atoms with E-state index in [1.165, 1.54) is 11.6 Å². The number of thiocarbonyl (C=S) groups is 1. The predicted molar refractivity (Wildman–Crippen MR) is 109 cm³/mol. The number of benzene rings is 3. The number of aliphatic imine (C=N–C) groups is 1. The van der Waals surface area contributed by atoms with Crippen LogP contribution in [-0.4, -0.2) is 5.16 Å². The van der Waals surface area contributed by atoms with Gasteiger partial charge < -0.3 is 0 Å². The Morgan fingerprint density at radius 3 is 2.00 bits per heavy atom. The minimum Gasteiger partial charge on any atom is -0.205 e. The van der Waals surface area contributed by atoms with Crippen molar-refractivity contribution in [3.05, 3.63) is 88.2 Å². The molecule has 0 heterocycles. The Balaban J connectivity index is 1.86. The first-order valence-corrected chi connectivity index (χ1v) is 8.61. The number of rotatable bonds is 2. The van der Waals surface area contributed by atoms with Gasteiger partial charge in [0.05, 0.1) is 10.2 Å². The highest BCUT2D eigenvalue weighted by molar-refractivity contribution is 7.78. The summed E-state index contributed by atoms with van der Waals surface area (Å²) in [6.07, 6.45) is 0. The maximum atomic E-state index is 14.1. The van der Waals surface area contributed by atoms with Gasteiger partial charge in [-0.05, 0) is 66.7 Å². The number of hydrogen-bond donors (Lipinski definition) is 0. The molecule has 126 valence electrons. The van der Waals surface area contributed by atoms with Gasteiger partial charge in [0.25, 0.3) is 0 Å². The predicted octanol–water partition coefficient (Wildman–Crippen LogP) is 6.59. The molecule has 0 aliphatic rings. The first kappa shape index (κ1) is 18.0. The fraction of sp³-hybridized carbons (Fsp3) is 0.0455. The summed E-state index contributed by atoms with van der Waals surface area (Å²) in [5.41, 5.74) is 4.54. The summed E-state index contributed by atoms with van der Waals surface area (Å²) in [6, 6.07) is 18.6. The third-order valence-electron chi connectivity index (χ3n) is 3.80. The van der Waals surface area contributed by atoms with E-state index in [-0.39, 0.29) is 10.7 Å². The normalized spacial score (nSPS) is 9.81. The van der Waals surface area contributed by atoms with Crippen molar-refractivity contribution in [2.24, 2.45) is 4.99 Å². The van der Waals surface area contributed by atoms with Crippen molar-refractivity contribution < 1.29 is 4.39 Å². The van der Waals surface area contributed by atoms with Crippen molar-refractivity contribution >= 4 is 34.7 Å². The van der Waals surface area contributed by atoms with Crippen LogP contribution in [0.4, 0.5) is 10.1 Å². The Morgan fingerprint density at radius 2 is 1.46 bits per heavy atom. The molecule has 26 heavy (non-hydrogen) atoms. The van der Waals surface area contributed by atoms with Gasteiger partial charge in [0.15, 0.2) is 5.82 Å². The quantitative estimate of drug-likeness (QED) is 0.279. The zero-order chi connectivity index (χ0) is 18.5. The summed E-state index contributed by atoms with van der Waals surface area (Å²) in [5.74, 6) is 5.72. The fourth-order valence-corrected chi connectivity index (χ4v) is 2.75. The van der Waals surface area contributed by atoms with Gasteiger partial charge in [0.1, 0.15) is 5.69 Å². The molecule has 3 rings (SSSR count). The Hall–Kier alpha value is -2.76. The van der Waals surface area contributed by atoms with E-state index in [9.17, 15) is 4.39 Å². The molecule has 3 aromatic rings. The second kappa shape index (κ2) is 8.08. The lowest BCUT2D eigenvalue weighted by Gasteiger charge is -2.05. The molecule has 0 bridgehead atoms. The molecule has 0 aliphatic carbocycles. The summed E-state index contributed by atoms with van der Waals surface area (Å²) in [5, 5.41) is 2.33. The largest absolute Gasteiger partial charge is 0.205 e. The van der Waals surface area contributed by atoms with E-state index >= 15 is 0 Å². The molecule has 0 atom stereocenters. The smallest absolute Gasteiger partial charge is 0.151 e. The number of halogens is 2. The average Bonchev–Trinajstić information content (AvgIpc) is 2.64. The molecule has 0 saturated heterocycles. The van der Waals surface area contributed by atoms with Crippen molar-refractivity contribution in [1.29, 1.82) is 0 Å². The van der Waals surface area contributed by atoms with E-state index < -0.39 is 5.82 Å². The Kier molecular flexibility index (Phi) is 5.61. The molecule has 0 aliphatic heterocycles. The molecule has 4 heteroatoms. The molecule has 3 aromatic carbocycles. The van der Waals surface area contributed by atoms with Crippen LogP contribution >= 0.6 is 23.8 Å². The fourth-order valence-electron chi connectivity index (χ4n) is 2.41. The van der Waals surface area contributed by atoms with Gasteiger partial charge in [-0.15, -0.1) is 0 Å². The molecule has 0 N–H and O–H groups in total. The summed E-state index contributed by atoms with van der Waals surface area (Å²) >= 11 is 10.6. The van der Waals surface area contributed by atoms with Crippen LogP contribution in [0.1, 0.15) is 16.7 Å². The van der Waals surface area contributed by atoms with Gasteiger partial charge >= 0.3 is 0 Å². The monoisotopic (exact) mass is 377 g/mol. The summed E-state index contributed by atoms with van der Waals surface area (Å²) in [6.45, 7) is 2.04. The molecular formula is C22H13ClFNS. The van der Waals surface area contributed by atoms with Crippen LogP contribution in [0, 0.1) is 24.6 Å². The zero-order valence-corrected chi connectivity index (χ0v) is 15.5. The van der Waals surface area contributed by atoms with Gasteiger partial charge in [-0.25, -0.2) is 4.39 Å². The van der Waals surface area contributed by atoms with Crippen molar-refractivity contribution in [3.63, 3.8) is 0 Å². The first-order valence-electron chi connectivity index (χ1n) is 7.83. The molecule has 0 unspecified atom stereocenters. The standard InChI is InChI=1S/C22H13ClFNS/c1-15-2-4-16(5-3-15)6-7-17-8-10-18(11-9-17)19-12-20(23)22(25-14-26)21(24)13-19/h2-5,8-13H,1H3. The summed E-state index contributed by atoms with van der Waals surface area (Å²) in [4.78, 5) is 3.65. The second-order valence-electron chi connectivity index (χ2n) is 5.68. The average molecular weight is 378 g/mol. The lowest BCUT2D eigenvalue weighted by atomic mass is 10.0. The molecule has 0 radical (unpaired) electrons. The van der Waals surface area contributed by atoms with Crippen LogP contribution in [0.25, 0.3) is 11.1 Å². The van der Waals surface area contributed by atoms with Crippen LogP contribution < -0.4 is 0 Å². The van der Waals surface area contributed by atoms with E-state index in [1.807, 2.05) is 55.5 Å². The van der Waals surface area contributed by atoms with Crippen LogP contribution in [-0.2, 0) is 0 Å². The molecule has 0 fully saturated rings. The van der Waals surface area contributed by atoms with Crippen molar-refractivity contribution in [1.82, 2.24) is 0 Å². The van der Waals surface area contributed by atoms with Crippen molar-refractivity contribution in [3.8, 4) is 23.0 Å². The molecular weight excluding hydrogens is 365 g/mol. The van der Waals surface area contributed by atoms with Gasteiger partial charge in [-0.3, -0.25) is 0 Å². The molecule has 0 amide bonds. The van der Waals surface area contributed by atoms with E-state index in [0.717, 1.165) is 16.7 Å². The van der Waals surface area contributed by atoms with Gasteiger partial charge in [0.2, 0.25) is 0 Å². The van der Waals surface area contributed by atoms with Gasteiger partial charge in [-0.1, -0.05) is 53.3 Å². The topological polar surface area (TPSA) is 12.4 Å². The molecule has 1 nitrogen and oxygen atoms in total. The van der Waals surface area contributed by atoms with Crippen LogP contribution in [0.2, 0.25) is 5.02 Å². The molecule has 0 saturated carbocycles. The number of nitrogens with zero attached hydrogens (tertiary/aromatic N) is 1. The zero-order valence-electron chi connectivity index (χ0n) is 13.9. The van der Waals surface area contributed by atoms with Crippen molar-refractivity contribution in [2.45, 2.75) is 6.92 Å². The van der Waals surface area contributed by atoms with Gasteiger partial charge in [0, 0.05) is 11.1 Å². The van der Waals surface area contributed by atoms with Gasteiger partial charge in [-0.2, -0.15) is 4.99 Å². The highest BCUT2D eigenvalue weighted by atomic mass is 35.5.